The number of alkyl halides is 1. The Morgan fingerprint density at radius 3 is 2.55 bits per heavy atom. The van der Waals surface area contributed by atoms with Crippen LogP contribution in [0.25, 0.3) is 0 Å². The number of amides is 1. The largest absolute Gasteiger partial charge is 0.493 e. The van der Waals surface area contributed by atoms with Gasteiger partial charge in [0.15, 0.2) is 0 Å². The van der Waals surface area contributed by atoms with E-state index in [4.69, 9.17) is 37.6 Å². The summed E-state index contributed by atoms with van der Waals surface area (Å²) < 4.78 is 30.9. The van der Waals surface area contributed by atoms with Gasteiger partial charge in [0.25, 0.3) is 5.91 Å². The zero-order chi connectivity index (χ0) is 27.1. The molecule has 7 nitrogen and oxygen atoms in total. The summed E-state index contributed by atoms with van der Waals surface area (Å²) >= 11 is 12.7. The summed E-state index contributed by atoms with van der Waals surface area (Å²) in [5.41, 5.74) is 1.66. The van der Waals surface area contributed by atoms with Gasteiger partial charge in [-0.2, -0.15) is 0 Å². The minimum atomic E-state index is -0.936. The van der Waals surface area contributed by atoms with E-state index in [1.807, 2.05) is 30.3 Å². The van der Waals surface area contributed by atoms with Crippen LogP contribution < -0.4 is 9.47 Å². The quantitative estimate of drug-likeness (QED) is 0.205. The van der Waals surface area contributed by atoms with Gasteiger partial charge in [0.05, 0.1) is 30.8 Å². The zero-order valence-corrected chi connectivity index (χ0v) is 21.8. The number of carbonyl (C=O) groups excluding carboxylic acids is 1. The first-order chi connectivity index (χ1) is 18.4. The minimum Gasteiger partial charge on any atom is -0.493 e. The normalized spacial score (nSPS) is 15.2. The van der Waals surface area contributed by atoms with Crippen molar-refractivity contribution in [1.29, 1.82) is 0 Å². The molecule has 0 aromatic heterocycles. The van der Waals surface area contributed by atoms with Crippen LogP contribution in [0.3, 0.4) is 0 Å². The smallest absolute Gasteiger partial charge is 0.311 e. The van der Waals surface area contributed by atoms with Crippen LogP contribution in [0.5, 0.6) is 17.2 Å². The van der Waals surface area contributed by atoms with Crippen LogP contribution >= 0.6 is 23.4 Å². The third-order valence-electron chi connectivity index (χ3n) is 6.05. The van der Waals surface area contributed by atoms with Crippen LogP contribution in [0.2, 0.25) is 5.02 Å². The van der Waals surface area contributed by atoms with Crippen LogP contribution in [0.15, 0.2) is 66.7 Å². The molecule has 0 bridgehead atoms. The molecule has 2 unspecified atom stereocenters. The Morgan fingerprint density at radius 2 is 1.87 bits per heavy atom. The number of nitrogens with zero attached hydrogens (tertiary/aromatic N) is 1. The third-order valence-corrected chi connectivity index (χ3v) is 6.63. The van der Waals surface area contributed by atoms with Gasteiger partial charge in [0, 0.05) is 35.6 Å². The molecule has 0 spiro atoms. The van der Waals surface area contributed by atoms with Crippen LogP contribution in [0.1, 0.15) is 46.3 Å². The van der Waals surface area contributed by atoms with Crippen LogP contribution in [-0.4, -0.2) is 47.8 Å². The second-order valence-electron chi connectivity index (χ2n) is 8.64. The predicted molar refractivity (Wildman–Crippen MR) is 141 cm³/mol. The lowest BCUT2D eigenvalue weighted by Crippen LogP contribution is -2.28. The van der Waals surface area contributed by atoms with Crippen molar-refractivity contribution >= 4 is 35.3 Å². The molecule has 4 rings (SSSR count). The highest BCUT2D eigenvalue weighted by Gasteiger charge is 2.29. The molecule has 0 fully saturated rings. The number of fused-ring (bicyclic) bond motifs is 1. The predicted octanol–water partition coefficient (Wildman–Crippen LogP) is 6.80. The molecular formula is C28H26Cl2FNO6. The van der Waals surface area contributed by atoms with Crippen molar-refractivity contribution in [3.63, 3.8) is 0 Å². The Kier molecular flexibility index (Phi) is 9.44. The van der Waals surface area contributed by atoms with Gasteiger partial charge in [-0.25, -0.2) is 4.42 Å². The Hall–Kier alpha value is -3.33. The summed E-state index contributed by atoms with van der Waals surface area (Å²) in [4.78, 5) is 24.5. The summed E-state index contributed by atoms with van der Waals surface area (Å²) in [5, 5.41) is 9.70. The van der Waals surface area contributed by atoms with Gasteiger partial charge in [-0.15, -0.1) is 0 Å². The van der Waals surface area contributed by atoms with Crippen molar-refractivity contribution in [2.75, 3.05) is 26.4 Å². The lowest BCUT2D eigenvalue weighted by atomic mass is 9.93. The Morgan fingerprint density at radius 1 is 1.13 bits per heavy atom. The van der Waals surface area contributed by atoms with E-state index >= 15 is 0 Å². The summed E-state index contributed by atoms with van der Waals surface area (Å²) in [5.74, 6) is -0.945. The topological polar surface area (TPSA) is 85.3 Å². The molecule has 10 heteroatoms. The monoisotopic (exact) mass is 561 g/mol. The highest BCUT2D eigenvalue weighted by molar-refractivity contribution is 6.32. The molecule has 3 aromatic rings. The van der Waals surface area contributed by atoms with Crippen molar-refractivity contribution in [2.24, 2.45) is 0 Å². The summed E-state index contributed by atoms with van der Waals surface area (Å²) in [6.45, 7) is 0.0556. The fourth-order valence-electron chi connectivity index (χ4n) is 4.09. The molecule has 0 radical (unpaired) electrons. The van der Waals surface area contributed by atoms with Crippen molar-refractivity contribution in [2.45, 2.75) is 24.9 Å². The number of carboxylic acids is 1. The number of rotatable bonds is 11. The molecule has 38 heavy (non-hydrogen) atoms. The molecule has 3 aromatic carbocycles. The van der Waals surface area contributed by atoms with E-state index < -0.39 is 30.6 Å². The van der Waals surface area contributed by atoms with E-state index in [-0.39, 0.29) is 31.2 Å². The van der Waals surface area contributed by atoms with Crippen LogP contribution in [0.4, 0.5) is 4.39 Å². The molecule has 1 aliphatic heterocycles. The van der Waals surface area contributed by atoms with Gasteiger partial charge >= 0.3 is 5.97 Å². The van der Waals surface area contributed by atoms with Crippen LogP contribution in [-0.2, 0) is 9.53 Å². The van der Waals surface area contributed by atoms with E-state index in [1.165, 1.54) is 0 Å². The zero-order valence-electron chi connectivity index (χ0n) is 20.3. The second kappa shape index (κ2) is 13.0. The van der Waals surface area contributed by atoms with E-state index in [2.05, 4.69) is 0 Å². The number of carbonyl (C=O) groups is 2. The number of hydrogen-bond acceptors (Lipinski definition) is 5. The molecular weight excluding hydrogens is 536 g/mol. The van der Waals surface area contributed by atoms with Crippen molar-refractivity contribution < 1.29 is 33.3 Å². The molecule has 200 valence electrons. The lowest BCUT2D eigenvalue weighted by Gasteiger charge is -2.24. The number of hydrogen-bond donors (Lipinski definition) is 1. The maximum absolute atomic E-state index is 13.0. The fourth-order valence-corrected chi connectivity index (χ4v) is 4.52. The molecule has 0 saturated carbocycles. The van der Waals surface area contributed by atoms with Crippen molar-refractivity contribution in [1.82, 2.24) is 4.42 Å². The van der Waals surface area contributed by atoms with E-state index in [1.54, 1.807) is 36.4 Å². The average molecular weight is 562 g/mol. The summed E-state index contributed by atoms with van der Waals surface area (Å²) in [6.07, 6.45) is 0.101. The molecule has 0 aliphatic carbocycles. The average Bonchev–Trinajstić information content (AvgIpc) is 2.93. The SMILES string of the molecule is O=C(O)C1CCOc2cc(Oc3ccc(C(=O)N(Cl)CC(OCCCF)c4ccccc4)cc3)c(Cl)cc21. The second-order valence-corrected chi connectivity index (χ2v) is 9.45. The van der Waals surface area contributed by atoms with Gasteiger partial charge in [-0.3, -0.25) is 14.0 Å². The number of halogens is 3. The van der Waals surface area contributed by atoms with E-state index in [0.717, 1.165) is 9.98 Å². The number of aliphatic carboxylic acids is 1. The number of ether oxygens (including phenoxy) is 3. The highest BCUT2D eigenvalue weighted by Crippen LogP contribution is 2.41. The molecule has 2 atom stereocenters. The fraction of sp³-hybridized carbons (Fsp3) is 0.286. The first-order valence-corrected chi connectivity index (χ1v) is 12.8. The standard InChI is InChI=1S/C28H26Cl2FNO6/c29-23-15-22-21(28(34)35)11-14-37-24(22)16-25(23)38-20-9-7-19(8-10-20)27(33)32(30)17-26(36-13-4-12-31)18-5-2-1-3-6-18/h1-3,5-10,15-16,21,26H,4,11-14,17H2,(H,34,35). The van der Waals surface area contributed by atoms with Gasteiger partial charge in [-0.05, 0) is 48.7 Å². The highest BCUT2D eigenvalue weighted by atomic mass is 35.5. The summed E-state index contributed by atoms with van der Waals surface area (Å²) in [7, 11) is 0. The van der Waals surface area contributed by atoms with Gasteiger partial charge < -0.3 is 19.3 Å². The van der Waals surface area contributed by atoms with Gasteiger partial charge in [0.2, 0.25) is 0 Å². The summed E-state index contributed by atoms with van der Waals surface area (Å²) in [6, 6.07) is 18.7. The van der Waals surface area contributed by atoms with Crippen molar-refractivity contribution in [3.8, 4) is 17.2 Å². The first-order valence-electron chi connectivity index (χ1n) is 12.0. The van der Waals surface area contributed by atoms with Crippen LogP contribution in [0, 0.1) is 0 Å². The maximum atomic E-state index is 13.0. The molecule has 0 saturated heterocycles. The molecule has 1 heterocycles. The Bertz CT molecular complexity index is 1260. The third kappa shape index (κ3) is 6.75. The number of carboxylic acid groups (broad SMARTS) is 1. The van der Waals surface area contributed by atoms with E-state index in [0.29, 0.717) is 34.8 Å². The Balaban J connectivity index is 1.43. The van der Waals surface area contributed by atoms with Gasteiger partial charge in [0.1, 0.15) is 23.4 Å². The molecule has 1 amide bonds. The minimum absolute atomic E-state index is 0.0665. The Labute approximate surface area is 229 Å². The molecule has 1 aliphatic rings. The maximum Gasteiger partial charge on any atom is 0.311 e. The first kappa shape index (κ1) is 27.7. The molecule has 1 N–H and O–H groups in total. The number of benzene rings is 3. The van der Waals surface area contributed by atoms with E-state index in [9.17, 15) is 19.1 Å². The van der Waals surface area contributed by atoms with Crippen molar-refractivity contribution in [3.05, 3.63) is 88.4 Å². The lowest BCUT2D eigenvalue weighted by molar-refractivity contribution is -0.139. The van der Waals surface area contributed by atoms with Gasteiger partial charge in [-0.1, -0.05) is 41.9 Å².